The van der Waals surface area contributed by atoms with E-state index < -0.39 is 0 Å². The first-order valence-electron chi connectivity index (χ1n) is 5.82. The van der Waals surface area contributed by atoms with E-state index in [9.17, 15) is 4.79 Å². The number of nitrogens with one attached hydrogen (secondary N) is 1. The van der Waals surface area contributed by atoms with Crippen LogP contribution in [0.2, 0.25) is 0 Å². The number of likely N-dealkylation sites (tertiary alicyclic amines) is 1. The SMILES string of the molecule is Cc1ccc(C)c(NC(=O)CN2CC(O)C2)c1. The second-order valence-corrected chi connectivity index (χ2v) is 4.71. The van der Waals surface area contributed by atoms with E-state index in [1.54, 1.807) is 0 Å². The van der Waals surface area contributed by atoms with Gasteiger partial charge in [0.25, 0.3) is 0 Å². The van der Waals surface area contributed by atoms with Crippen molar-refractivity contribution >= 4 is 11.6 Å². The van der Waals surface area contributed by atoms with Gasteiger partial charge in [-0.05, 0) is 31.0 Å². The molecule has 0 spiro atoms. The predicted molar refractivity (Wildman–Crippen MR) is 67.0 cm³/mol. The molecule has 0 saturated carbocycles. The van der Waals surface area contributed by atoms with E-state index in [0.29, 0.717) is 19.6 Å². The zero-order valence-electron chi connectivity index (χ0n) is 10.2. The summed E-state index contributed by atoms with van der Waals surface area (Å²) in [5, 5.41) is 12.0. The number of nitrogens with zero attached hydrogens (tertiary/aromatic N) is 1. The molecule has 17 heavy (non-hydrogen) atoms. The predicted octanol–water partition coefficient (Wildman–Crippen LogP) is 0.918. The van der Waals surface area contributed by atoms with E-state index in [1.807, 2.05) is 36.9 Å². The molecule has 1 saturated heterocycles. The van der Waals surface area contributed by atoms with Gasteiger partial charge in [0.2, 0.25) is 5.91 Å². The number of aliphatic hydroxyl groups is 1. The number of β-amino-alcohol motifs (C(OH)–C–C–N with tert-alkyl or cyclic N) is 1. The monoisotopic (exact) mass is 234 g/mol. The summed E-state index contributed by atoms with van der Waals surface area (Å²) in [7, 11) is 0. The molecule has 1 aliphatic heterocycles. The third-order valence-electron chi connectivity index (χ3n) is 2.97. The normalized spacial score (nSPS) is 16.6. The van der Waals surface area contributed by atoms with Crippen LogP contribution in [-0.2, 0) is 4.79 Å². The second kappa shape index (κ2) is 4.85. The Morgan fingerprint density at radius 1 is 1.47 bits per heavy atom. The van der Waals surface area contributed by atoms with Crippen molar-refractivity contribution < 1.29 is 9.90 Å². The molecule has 0 aliphatic carbocycles. The number of carbonyl (C=O) groups excluding carboxylic acids is 1. The number of hydrogen-bond acceptors (Lipinski definition) is 3. The van der Waals surface area contributed by atoms with Gasteiger partial charge in [-0.2, -0.15) is 0 Å². The summed E-state index contributed by atoms with van der Waals surface area (Å²) in [4.78, 5) is 13.7. The third-order valence-corrected chi connectivity index (χ3v) is 2.97. The fraction of sp³-hybridized carbons (Fsp3) is 0.462. The highest BCUT2D eigenvalue weighted by molar-refractivity contribution is 5.93. The Morgan fingerprint density at radius 2 is 2.18 bits per heavy atom. The number of anilines is 1. The van der Waals surface area contributed by atoms with Crippen LogP contribution in [-0.4, -0.2) is 41.7 Å². The summed E-state index contributed by atoms with van der Waals surface area (Å²) >= 11 is 0. The van der Waals surface area contributed by atoms with Crippen LogP contribution in [0, 0.1) is 13.8 Å². The lowest BCUT2D eigenvalue weighted by atomic mass is 10.1. The van der Waals surface area contributed by atoms with Gasteiger partial charge in [0.1, 0.15) is 0 Å². The summed E-state index contributed by atoms with van der Waals surface area (Å²) in [5.41, 5.74) is 3.06. The highest BCUT2D eigenvalue weighted by Crippen LogP contribution is 2.16. The number of carbonyl (C=O) groups is 1. The van der Waals surface area contributed by atoms with Crippen molar-refractivity contribution in [1.29, 1.82) is 0 Å². The lowest BCUT2D eigenvalue weighted by molar-refractivity contribution is -0.119. The molecule has 92 valence electrons. The van der Waals surface area contributed by atoms with E-state index in [1.165, 1.54) is 0 Å². The van der Waals surface area contributed by atoms with Gasteiger partial charge < -0.3 is 10.4 Å². The molecule has 2 rings (SSSR count). The van der Waals surface area contributed by atoms with Crippen molar-refractivity contribution in [3.05, 3.63) is 29.3 Å². The van der Waals surface area contributed by atoms with Gasteiger partial charge in [-0.3, -0.25) is 9.69 Å². The molecule has 4 heteroatoms. The first-order valence-corrected chi connectivity index (χ1v) is 5.82. The van der Waals surface area contributed by atoms with Crippen molar-refractivity contribution in [2.45, 2.75) is 20.0 Å². The maximum absolute atomic E-state index is 11.8. The van der Waals surface area contributed by atoms with Gasteiger partial charge in [-0.15, -0.1) is 0 Å². The minimum atomic E-state index is -0.261. The topological polar surface area (TPSA) is 52.6 Å². The van der Waals surface area contributed by atoms with E-state index in [4.69, 9.17) is 5.11 Å². The van der Waals surface area contributed by atoms with Gasteiger partial charge >= 0.3 is 0 Å². The van der Waals surface area contributed by atoms with Crippen molar-refractivity contribution in [3.63, 3.8) is 0 Å². The number of aliphatic hydroxyl groups excluding tert-OH is 1. The highest BCUT2D eigenvalue weighted by atomic mass is 16.3. The van der Waals surface area contributed by atoms with Crippen LogP contribution in [0.1, 0.15) is 11.1 Å². The van der Waals surface area contributed by atoms with Gasteiger partial charge in [0, 0.05) is 18.8 Å². The van der Waals surface area contributed by atoms with Crippen molar-refractivity contribution in [2.75, 3.05) is 25.0 Å². The number of hydrogen-bond donors (Lipinski definition) is 2. The maximum Gasteiger partial charge on any atom is 0.238 e. The molecule has 1 aliphatic rings. The minimum Gasteiger partial charge on any atom is -0.390 e. The van der Waals surface area contributed by atoms with E-state index >= 15 is 0 Å². The van der Waals surface area contributed by atoms with Crippen LogP contribution >= 0.6 is 0 Å². The number of amides is 1. The van der Waals surface area contributed by atoms with Gasteiger partial charge in [0.05, 0.1) is 12.6 Å². The Hall–Kier alpha value is -1.39. The largest absolute Gasteiger partial charge is 0.390 e. The molecule has 4 nitrogen and oxygen atoms in total. The highest BCUT2D eigenvalue weighted by Gasteiger charge is 2.25. The Balaban J connectivity index is 1.91. The van der Waals surface area contributed by atoms with Crippen molar-refractivity contribution in [2.24, 2.45) is 0 Å². The van der Waals surface area contributed by atoms with Gasteiger partial charge in [0.15, 0.2) is 0 Å². The molecule has 1 aromatic carbocycles. The molecular weight excluding hydrogens is 216 g/mol. The molecule has 0 aromatic heterocycles. The van der Waals surface area contributed by atoms with Crippen LogP contribution in [0.25, 0.3) is 0 Å². The summed E-state index contributed by atoms with van der Waals surface area (Å²) in [5.74, 6) is -0.0226. The van der Waals surface area contributed by atoms with Crippen LogP contribution in [0.3, 0.4) is 0 Å². The number of aryl methyl sites for hydroxylation is 2. The lowest BCUT2D eigenvalue weighted by Gasteiger charge is -2.35. The standard InChI is InChI=1S/C13H18N2O2/c1-9-3-4-10(2)12(5-9)14-13(17)8-15-6-11(16)7-15/h3-5,11,16H,6-8H2,1-2H3,(H,14,17). The fourth-order valence-electron chi connectivity index (χ4n) is 1.94. The summed E-state index contributed by atoms with van der Waals surface area (Å²) in [6.45, 7) is 5.52. The zero-order chi connectivity index (χ0) is 12.4. The zero-order valence-corrected chi connectivity index (χ0v) is 10.2. The molecule has 1 fully saturated rings. The average molecular weight is 234 g/mol. The number of benzene rings is 1. The molecule has 0 radical (unpaired) electrons. The summed E-state index contributed by atoms with van der Waals surface area (Å²) in [6, 6.07) is 5.99. The molecule has 0 atom stereocenters. The first-order chi connectivity index (χ1) is 8.04. The van der Waals surface area contributed by atoms with Crippen molar-refractivity contribution in [1.82, 2.24) is 4.90 Å². The average Bonchev–Trinajstić information content (AvgIpc) is 2.21. The lowest BCUT2D eigenvalue weighted by Crippen LogP contribution is -2.53. The maximum atomic E-state index is 11.8. The number of rotatable bonds is 3. The molecule has 1 heterocycles. The Morgan fingerprint density at radius 3 is 2.82 bits per heavy atom. The third kappa shape index (κ3) is 3.05. The van der Waals surface area contributed by atoms with Gasteiger partial charge in [-0.1, -0.05) is 12.1 Å². The molecule has 0 bridgehead atoms. The Labute approximate surface area is 101 Å². The fourth-order valence-corrected chi connectivity index (χ4v) is 1.94. The van der Waals surface area contributed by atoms with E-state index in [0.717, 1.165) is 16.8 Å². The van der Waals surface area contributed by atoms with Crippen LogP contribution < -0.4 is 5.32 Å². The first kappa shape index (κ1) is 12.1. The minimum absolute atomic E-state index is 0.0226. The Kier molecular flexibility index (Phi) is 3.45. The summed E-state index contributed by atoms with van der Waals surface area (Å²) in [6.07, 6.45) is -0.261. The molecule has 1 amide bonds. The van der Waals surface area contributed by atoms with Gasteiger partial charge in [-0.25, -0.2) is 0 Å². The smallest absolute Gasteiger partial charge is 0.238 e. The molecule has 0 unspecified atom stereocenters. The molecule has 2 N–H and O–H groups in total. The quantitative estimate of drug-likeness (QED) is 0.817. The van der Waals surface area contributed by atoms with Crippen LogP contribution in [0.4, 0.5) is 5.69 Å². The second-order valence-electron chi connectivity index (χ2n) is 4.71. The Bertz CT molecular complexity index is 425. The van der Waals surface area contributed by atoms with Crippen LogP contribution in [0.5, 0.6) is 0 Å². The van der Waals surface area contributed by atoms with Crippen LogP contribution in [0.15, 0.2) is 18.2 Å². The molecular formula is C13H18N2O2. The summed E-state index contributed by atoms with van der Waals surface area (Å²) < 4.78 is 0. The molecule has 1 aromatic rings. The van der Waals surface area contributed by atoms with E-state index in [2.05, 4.69) is 5.32 Å². The van der Waals surface area contributed by atoms with Crippen molar-refractivity contribution in [3.8, 4) is 0 Å². The van der Waals surface area contributed by atoms with E-state index in [-0.39, 0.29) is 12.0 Å².